The molecule has 0 saturated heterocycles. The second kappa shape index (κ2) is 6.90. The van der Waals surface area contributed by atoms with Crippen molar-refractivity contribution >= 4 is 34.1 Å². The lowest BCUT2D eigenvalue weighted by Crippen LogP contribution is -2.39. The van der Waals surface area contributed by atoms with Crippen LogP contribution in [-0.4, -0.2) is 36.5 Å². The SMILES string of the molecule is COC(=O)c1c(NC(=O)C(=O)NC(C)C)sc2c1CC(C)(C)OC2. The summed E-state index contributed by atoms with van der Waals surface area (Å²) in [6.45, 7) is 7.74. The molecule has 0 saturated carbocycles. The highest BCUT2D eigenvalue weighted by Gasteiger charge is 2.34. The van der Waals surface area contributed by atoms with Crippen molar-refractivity contribution in [2.75, 3.05) is 12.4 Å². The van der Waals surface area contributed by atoms with Crippen LogP contribution in [0.4, 0.5) is 5.00 Å². The van der Waals surface area contributed by atoms with Gasteiger partial charge in [-0.25, -0.2) is 4.79 Å². The predicted molar refractivity (Wildman–Crippen MR) is 90.1 cm³/mol. The third kappa shape index (κ3) is 3.93. The lowest BCUT2D eigenvalue weighted by atomic mass is 9.93. The molecule has 1 aliphatic heterocycles. The van der Waals surface area contributed by atoms with Crippen LogP contribution >= 0.6 is 11.3 Å². The smallest absolute Gasteiger partial charge is 0.341 e. The molecular weight excluding hydrogens is 332 g/mol. The van der Waals surface area contributed by atoms with Crippen molar-refractivity contribution in [1.29, 1.82) is 0 Å². The molecule has 0 fully saturated rings. The molecular formula is C16H22N2O5S. The van der Waals surface area contributed by atoms with Crippen molar-refractivity contribution in [1.82, 2.24) is 5.32 Å². The van der Waals surface area contributed by atoms with Gasteiger partial charge >= 0.3 is 17.8 Å². The second-order valence-electron chi connectivity index (χ2n) is 6.51. The van der Waals surface area contributed by atoms with Gasteiger partial charge in [0.2, 0.25) is 0 Å². The topological polar surface area (TPSA) is 93.7 Å². The highest BCUT2D eigenvalue weighted by molar-refractivity contribution is 7.17. The maximum absolute atomic E-state index is 12.2. The van der Waals surface area contributed by atoms with Crippen LogP contribution in [0.1, 0.15) is 48.5 Å². The fraction of sp³-hybridized carbons (Fsp3) is 0.562. The number of carbonyl (C=O) groups excluding carboxylic acids is 3. The van der Waals surface area contributed by atoms with Crippen LogP contribution in [0.5, 0.6) is 0 Å². The zero-order valence-electron chi connectivity index (χ0n) is 14.4. The Balaban J connectivity index is 2.33. The summed E-state index contributed by atoms with van der Waals surface area (Å²) < 4.78 is 10.6. The number of fused-ring (bicyclic) bond motifs is 1. The third-order valence-corrected chi connectivity index (χ3v) is 4.65. The van der Waals surface area contributed by atoms with Crippen LogP contribution in [-0.2, 0) is 32.1 Å². The van der Waals surface area contributed by atoms with Gasteiger partial charge in [0.05, 0.1) is 24.9 Å². The van der Waals surface area contributed by atoms with Gasteiger partial charge in [-0.2, -0.15) is 0 Å². The summed E-state index contributed by atoms with van der Waals surface area (Å²) in [5, 5.41) is 5.36. The second-order valence-corrected chi connectivity index (χ2v) is 7.61. The lowest BCUT2D eigenvalue weighted by Gasteiger charge is -2.30. The fourth-order valence-electron chi connectivity index (χ4n) is 2.45. The Morgan fingerprint density at radius 3 is 2.50 bits per heavy atom. The number of ether oxygens (including phenoxy) is 2. The van der Waals surface area contributed by atoms with E-state index in [1.807, 2.05) is 13.8 Å². The van der Waals surface area contributed by atoms with Gasteiger partial charge in [0.15, 0.2) is 0 Å². The average molecular weight is 354 g/mol. The van der Waals surface area contributed by atoms with E-state index in [0.29, 0.717) is 23.6 Å². The standard InChI is InChI=1S/C16H22N2O5S/c1-8(2)17-12(19)13(20)18-14-11(15(21)22-5)9-6-16(3,4)23-7-10(9)24-14/h8H,6-7H2,1-5H3,(H,17,19)(H,18,20). The van der Waals surface area contributed by atoms with E-state index < -0.39 is 23.4 Å². The number of methoxy groups -OCH3 is 1. The molecule has 0 spiro atoms. The number of thiophene rings is 1. The molecule has 0 radical (unpaired) electrons. The molecule has 2 amide bonds. The molecule has 2 heterocycles. The van der Waals surface area contributed by atoms with Crippen molar-refractivity contribution in [2.45, 2.75) is 52.4 Å². The van der Waals surface area contributed by atoms with E-state index >= 15 is 0 Å². The van der Waals surface area contributed by atoms with Gasteiger partial charge in [-0.3, -0.25) is 9.59 Å². The monoisotopic (exact) mass is 354 g/mol. The van der Waals surface area contributed by atoms with Crippen LogP contribution < -0.4 is 10.6 Å². The number of rotatable bonds is 3. The molecule has 0 aliphatic carbocycles. The number of hydrogen-bond donors (Lipinski definition) is 2. The number of amides is 2. The Labute approximate surface area is 144 Å². The third-order valence-electron chi connectivity index (χ3n) is 3.53. The minimum absolute atomic E-state index is 0.158. The molecule has 132 valence electrons. The fourth-order valence-corrected chi connectivity index (χ4v) is 3.56. The first-order valence-corrected chi connectivity index (χ1v) is 8.45. The van der Waals surface area contributed by atoms with E-state index in [0.717, 1.165) is 10.4 Å². The number of nitrogens with one attached hydrogen (secondary N) is 2. The molecule has 24 heavy (non-hydrogen) atoms. The molecule has 7 nitrogen and oxygen atoms in total. The lowest BCUT2D eigenvalue weighted by molar-refractivity contribution is -0.136. The van der Waals surface area contributed by atoms with Gasteiger partial charge in [-0.15, -0.1) is 11.3 Å². The maximum Gasteiger partial charge on any atom is 0.341 e. The number of hydrogen-bond acceptors (Lipinski definition) is 6. The van der Waals surface area contributed by atoms with Gasteiger partial charge < -0.3 is 20.1 Å². The van der Waals surface area contributed by atoms with Crippen LogP contribution in [0, 0.1) is 0 Å². The summed E-state index contributed by atoms with van der Waals surface area (Å²) >= 11 is 1.23. The molecule has 0 atom stereocenters. The molecule has 1 aromatic heterocycles. The van der Waals surface area contributed by atoms with Crippen LogP contribution in [0.15, 0.2) is 0 Å². The van der Waals surface area contributed by atoms with Crippen LogP contribution in [0.25, 0.3) is 0 Å². The van der Waals surface area contributed by atoms with Gasteiger partial charge in [0.25, 0.3) is 0 Å². The summed E-state index contributed by atoms with van der Waals surface area (Å²) in [5.41, 5.74) is 0.704. The number of carbonyl (C=O) groups is 3. The highest BCUT2D eigenvalue weighted by atomic mass is 32.1. The Bertz CT molecular complexity index is 678. The first kappa shape index (κ1) is 18.4. The van der Waals surface area contributed by atoms with Gasteiger partial charge in [0, 0.05) is 17.3 Å². The van der Waals surface area contributed by atoms with Gasteiger partial charge in [-0.05, 0) is 33.3 Å². The molecule has 2 rings (SSSR count). The van der Waals surface area contributed by atoms with E-state index in [1.165, 1.54) is 18.4 Å². The average Bonchev–Trinajstić information content (AvgIpc) is 2.81. The van der Waals surface area contributed by atoms with Crippen LogP contribution in [0.2, 0.25) is 0 Å². The minimum Gasteiger partial charge on any atom is -0.465 e. The highest BCUT2D eigenvalue weighted by Crippen LogP contribution is 2.40. The first-order chi connectivity index (χ1) is 11.1. The number of esters is 1. The largest absolute Gasteiger partial charge is 0.465 e. The van der Waals surface area contributed by atoms with E-state index in [9.17, 15) is 14.4 Å². The van der Waals surface area contributed by atoms with E-state index in [-0.39, 0.29) is 6.04 Å². The quantitative estimate of drug-likeness (QED) is 0.638. The zero-order chi connectivity index (χ0) is 18.1. The maximum atomic E-state index is 12.2. The molecule has 1 aromatic rings. The molecule has 0 aromatic carbocycles. The van der Waals surface area contributed by atoms with Crippen molar-refractivity contribution in [3.8, 4) is 0 Å². The Hall–Kier alpha value is -1.93. The first-order valence-electron chi connectivity index (χ1n) is 7.63. The molecule has 2 N–H and O–H groups in total. The molecule has 8 heteroatoms. The molecule has 0 unspecified atom stereocenters. The normalized spacial score (nSPS) is 15.6. The summed E-state index contributed by atoms with van der Waals surface area (Å²) in [6, 6.07) is -0.158. The molecule has 0 bridgehead atoms. The van der Waals surface area contributed by atoms with Crippen molar-refractivity contribution in [3.63, 3.8) is 0 Å². The number of anilines is 1. The van der Waals surface area contributed by atoms with Crippen molar-refractivity contribution < 1.29 is 23.9 Å². The summed E-state index contributed by atoms with van der Waals surface area (Å²) in [5.74, 6) is -2.10. The Kier molecular flexibility index (Phi) is 5.29. The van der Waals surface area contributed by atoms with E-state index in [2.05, 4.69) is 10.6 Å². The van der Waals surface area contributed by atoms with Crippen molar-refractivity contribution in [2.24, 2.45) is 0 Å². The minimum atomic E-state index is -0.812. The Morgan fingerprint density at radius 1 is 1.25 bits per heavy atom. The summed E-state index contributed by atoms with van der Waals surface area (Å²) in [7, 11) is 1.29. The zero-order valence-corrected chi connectivity index (χ0v) is 15.3. The van der Waals surface area contributed by atoms with E-state index in [4.69, 9.17) is 9.47 Å². The van der Waals surface area contributed by atoms with E-state index in [1.54, 1.807) is 13.8 Å². The Morgan fingerprint density at radius 2 is 1.92 bits per heavy atom. The summed E-state index contributed by atoms with van der Waals surface area (Å²) in [4.78, 5) is 36.9. The van der Waals surface area contributed by atoms with Crippen LogP contribution in [0.3, 0.4) is 0 Å². The van der Waals surface area contributed by atoms with Gasteiger partial charge in [-0.1, -0.05) is 0 Å². The summed E-state index contributed by atoms with van der Waals surface area (Å²) in [6.07, 6.45) is 0.525. The molecule has 1 aliphatic rings. The van der Waals surface area contributed by atoms with Crippen molar-refractivity contribution in [3.05, 3.63) is 16.0 Å². The predicted octanol–water partition coefficient (Wildman–Crippen LogP) is 1.85. The van der Waals surface area contributed by atoms with Gasteiger partial charge in [0.1, 0.15) is 5.00 Å².